The lowest BCUT2D eigenvalue weighted by Gasteiger charge is -2.06. The fraction of sp³-hybridized carbons (Fsp3) is 0.0588. The molecule has 0 unspecified atom stereocenters. The molecule has 0 aliphatic carbocycles. The molecule has 0 heterocycles. The van der Waals surface area contributed by atoms with Crippen molar-refractivity contribution in [1.82, 2.24) is 0 Å². The molecule has 1 nitrogen and oxygen atoms in total. The molecule has 0 radical (unpaired) electrons. The Morgan fingerprint density at radius 3 is 2.37 bits per heavy atom. The summed E-state index contributed by atoms with van der Waals surface area (Å²) in [4.78, 5) is 0. The number of hydrogen-bond donors (Lipinski definition) is 0. The van der Waals surface area contributed by atoms with E-state index >= 15 is 0 Å². The second-order valence-electron chi connectivity index (χ2n) is 4.44. The van der Waals surface area contributed by atoms with Crippen molar-refractivity contribution in [3.63, 3.8) is 0 Å². The van der Waals surface area contributed by atoms with Crippen molar-refractivity contribution in [2.75, 3.05) is 7.11 Å². The normalized spacial score (nSPS) is 10.6. The van der Waals surface area contributed by atoms with Gasteiger partial charge in [0.05, 0.1) is 7.11 Å². The van der Waals surface area contributed by atoms with Crippen molar-refractivity contribution < 1.29 is 4.74 Å². The van der Waals surface area contributed by atoms with Crippen molar-refractivity contribution in [2.24, 2.45) is 0 Å². The third kappa shape index (κ3) is 2.49. The largest absolute Gasteiger partial charge is 0.497 e. The molecule has 19 heavy (non-hydrogen) atoms. The highest BCUT2D eigenvalue weighted by Gasteiger charge is 2.01. The molecule has 0 fully saturated rings. The van der Waals surface area contributed by atoms with Crippen molar-refractivity contribution >= 4 is 26.7 Å². The lowest BCUT2D eigenvalue weighted by atomic mass is 10.0. The van der Waals surface area contributed by atoms with E-state index in [2.05, 4.69) is 64.5 Å². The molecule has 0 aliphatic heterocycles. The maximum atomic E-state index is 5.27. The number of methoxy groups -OCH3 is 1. The molecule has 94 valence electrons. The Labute approximate surface area is 121 Å². The molecular weight excluding hydrogens is 300 g/mol. The van der Waals surface area contributed by atoms with E-state index in [1.807, 2.05) is 12.1 Å². The van der Waals surface area contributed by atoms with Gasteiger partial charge >= 0.3 is 0 Å². The van der Waals surface area contributed by atoms with Crippen LogP contribution >= 0.6 is 15.9 Å². The zero-order valence-corrected chi connectivity index (χ0v) is 12.1. The smallest absolute Gasteiger partial charge is 0.119 e. The van der Waals surface area contributed by atoms with Crippen LogP contribution in [0, 0.1) is 0 Å². The van der Waals surface area contributed by atoms with E-state index in [4.69, 9.17) is 4.74 Å². The van der Waals surface area contributed by atoms with Gasteiger partial charge in [0.2, 0.25) is 0 Å². The van der Waals surface area contributed by atoms with E-state index in [9.17, 15) is 0 Å². The number of rotatable bonds is 2. The van der Waals surface area contributed by atoms with E-state index in [-0.39, 0.29) is 0 Å². The number of ether oxygens (including phenoxy) is 1. The minimum Gasteiger partial charge on any atom is -0.497 e. The second-order valence-corrected chi connectivity index (χ2v) is 5.35. The molecule has 3 rings (SSSR count). The minimum atomic E-state index is 0.883. The fourth-order valence-electron chi connectivity index (χ4n) is 2.20. The molecule has 2 heteroatoms. The van der Waals surface area contributed by atoms with Crippen LogP contribution in [-0.4, -0.2) is 7.11 Å². The predicted octanol–water partition coefficient (Wildman–Crippen LogP) is 5.28. The molecule has 0 N–H and O–H groups in total. The average Bonchev–Trinajstić information content (AvgIpc) is 2.46. The highest BCUT2D eigenvalue weighted by atomic mass is 79.9. The molecule has 0 saturated heterocycles. The molecule has 0 spiro atoms. The van der Waals surface area contributed by atoms with Gasteiger partial charge in [-0.2, -0.15) is 0 Å². The molecule has 3 aromatic carbocycles. The van der Waals surface area contributed by atoms with E-state index < -0.39 is 0 Å². The molecule has 0 bridgehead atoms. The Morgan fingerprint density at radius 2 is 1.53 bits per heavy atom. The summed E-state index contributed by atoms with van der Waals surface area (Å²) in [6, 6.07) is 20.9. The van der Waals surface area contributed by atoms with Gasteiger partial charge in [0, 0.05) is 4.47 Å². The van der Waals surface area contributed by atoms with Gasteiger partial charge in [0.15, 0.2) is 0 Å². The number of benzene rings is 3. The highest BCUT2D eigenvalue weighted by molar-refractivity contribution is 9.10. The van der Waals surface area contributed by atoms with Gasteiger partial charge < -0.3 is 4.74 Å². The first-order valence-electron chi connectivity index (χ1n) is 6.10. The molecule has 3 aromatic rings. The van der Waals surface area contributed by atoms with Gasteiger partial charge in [-0.05, 0) is 52.2 Å². The Balaban J connectivity index is 2.12. The van der Waals surface area contributed by atoms with E-state index in [1.54, 1.807) is 7.11 Å². The van der Waals surface area contributed by atoms with Crippen molar-refractivity contribution in [3.8, 4) is 16.9 Å². The molecule has 0 amide bonds. The third-order valence-electron chi connectivity index (χ3n) is 3.21. The maximum Gasteiger partial charge on any atom is 0.119 e. The Hall–Kier alpha value is -1.80. The minimum absolute atomic E-state index is 0.883. The van der Waals surface area contributed by atoms with Crippen LogP contribution in [0.2, 0.25) is 0 Å². The first-order valence-corrected chi connectivity index (χ1v) is 6.89. The van der Waals surface area contributed by atoms with Crippen LogP contribution in [-0.2, 0) is 0 Å². The van der Waals surface area contributed by atoms with E-state index in [0.717, 1.165) is 10.2 Å². The van der Waals surface area contributed by atoms with E-state index in [1.165, 1.54) is 21.9 Å². The van der Waals surface area contributed by atoms with Gasteiger partial charge in [0.25, 0.3) is 0 Å². The number of fused-ring (bicyclic) bond motifs is 1. The summed E-state index contributed by atoms with van der Waals surface area (Å²) in [7, 11) is 1.69. The fourth-order valence-corrected chi connectivity index (χ4v) is 2.58. The number of halogens is 1. The van der Waals surface area contributed by atoms with Crippen LogP contribution in [0.25, 0.3) is 21.9 Å². The van der Waals surface area contributed by atoms with Crippen LogP contribution in [0.3, 0.4) is 0 Å². The predicted molar refractivity (Wildman–Crippen MR) is 83.6 cm³/mol. The van der Waals surface area contributed by atoms with Gasteiger partial charge in [-0.1, -0.05) is 46.3 Å². The monoisotopic (exact) mass is 312 g/mol. The van der Waals surface area contributed by atoms with Gasteiger partial charge in [-0.3, -0.25) is 0 Å². The zero-order valence-electron chi connectivity index (χ0n) is 10.6. The molecule has 0 aromatic heterocycles. The average molecular weight is 313 g/mol. The van der Waals surface area contributed by atoms with Crippen molar-refractivity contribution in [1.29, 1.82) is 0 Å². The summed E-state index contributed by atoms with van der Waals surface area (Å²) in [5.74, 6) is 0.883. The van der Waals surface area contributed by atoms with Crippen LogP contribution in [0.5, 0.6) is 5.75 Å². The summed E-state index contributed by atoms with van der Waals surface area (Å²) in [5.41, 5.74) is 2.37. The Kier molecular flexibility index (Phi) is 3.26. The quantitative estimate of drug-likeness (QED) is 0.625. The van der Waals surface area contributed by atoms with Crippen LogP contribution in [0.15, 0.2) is 65.1 Å². The van der Waals surface area contributed by atoms with Gasteiger partial charge in [-0.15, -0.1) is 0 Å². The van der Waals surface area contributed by atoms with Gasteiger partial charge in [-0.25, -0.2) is 0 Å². The van der Waals surface area contributed by atoms with Crippen molar-refractivity contribution in [2.45, 2.75) is 0 Å². The molecular formula is C17H13BrO. The maximum absolute atomic E-state index is 5.27. The SMILES string of the molecule is COc1cccc(-c2ccc3cc(Br)ccc3c2)c1. The second kappa shape index (κ2) is 5.06. The summed E-state index contributed by atoms with van der Waals surface area (Å²) >= 11 is 3.50. The number of hydrogen-bond acceptors (Lipinski definition) is 1. The van der Waals surface area contributed by atoms with Crippen LogP contribution < -0.4 is 4.74 Å². The summed E-state index contributed by atoms with van der Waals surface area (Å²) in [6.45, 7) is 0. The van der Waals surface area contributed by atoms with Gasteiger partial charge in [0.1, 0.15) is 5.75 Å². The highest BCUT2D eigenvalue weighted by Crippen LogP contribution is 2.28. The third-order valence-corrected chi connectivity index (χ3v) is 3.70. The summed E-state index contributed by atoms with van der Waals surface area (Å²) in [6.07, 6.45) is 0. The van der Waals surface area contributed by atoms with E-state index in [0.29, 0.717) is 0 Å². The van der Waals surface area contributed by atoms with Crippen molar-refractivity contribution in [3.05, 3.63) is 65.1 Å². The Bertz CT molecular complexity index is 734. The van der Waals surface area contributed by atoms with Crippen LogP contribution in [0.1, 0.15) is 0 Å². The summed E-state index contributed by atoms with van der Waals surface area (Å²) < 4.78 is 6.38. The lowest BCUT2D eigenvalue weighted by Crippen LogP contribution is -1.84. The topological polar surface area (TPSA) is 9.23 Å². The zero-order chi connectivity index (χ0) is 13.2. The Morgan fingerprint density at radius 1 is 0.789 bits per heavy atom. The first kappa shape index (κ1) is 12.2. The molecule has 0 saturated carbocycles. The molecule has 0 aliphatic rings. The summed E-state index contributed by atoms with van der Waals surface area (Å²) in [5, 5.41) is 2.48. The lowest BCUT2D eigenvalue weighted by molar-refractivity contribution is 0.415. The standard InChI is InChI=1S/C17H13BrO/c1-19-17-4-2-3-12(11-17)13-5-6-15-10-16(18)8-7-14(15)9-13/h2-11H,1H3. The molecule has 0 atom stereocenters. The first-order chi connectivity index (χ1) is 9.26. The van der Waals surface area contributed by atoms with Crippen LogP contribution in [0.4, 0.5) is 0 Å².